The minimum atomic E-state index is -0.591. The SMILES string of the molecule is COc1ccc(C(=O)N[C@@H](C)CO)cc1F. The lowest BCUT2D eigenvalue weighted by Crippen LogP contribution is -2.35. The van der Waals surface area contributed by atoms with Gasteiger partial charge in [-0.15, -0.1) is 0 Å². The highest BCUT2D eigenvalue weighted by Gasteiger charge is 2.11. The first-order valence-electron chi connectivity index (χ1n) is 4.83. The number of benzene rings is 1. The molecule has 0 spiro atoms. The van der Waals surface area contributed by atoms with Crippen LogP contribution in [0.3, 0.4) is 0 Å². The second-order valence-electron chi connectivity index (χ2n) is 3.41. The summed E-state index contributed by atoms with van der Waals surface area (Å²) in [6, 6.07) is 3.57. The lowest BCUT2D eigenvalue weighted by atomic mass is 10.2. The van der Waals surface area contributed by atoms with Crippen molar-refractivity contribution < 1.29 is 19.0 Å². The fraction of sp³-hybridized carbons (Fsp3) is 0.364. The van der Waals surface area contributed by atoms with Crippen LogP contribution in [0.25, 0.3) is 0 Å². The second kappa shape index (κ2) is 5.46. The highest BCUT2D eigenvalue weighted by Crippen LogP contribution is 2.17. The summed E-state index contributed by atoms with van der Waals surface area (Å²) in [5, 5.41) is 11.3. The van der Waals surface area contributed by atoms with Gasteiger partial charge in [0.2, 0.25) is 0 Å². The van der Waals surface area contributed by atoms with Crippen LogP contribution in [-0.4, -0.2) is 30.8 Å². The number of aliphatic hydroxyl groups is 1. The van der Waals surface area contributed by atoms with E-state index < -0.39 is 11.7 Å². The van der Waals surface area contributed by atoms with Crippen LogP contribution in [0.5, 0.6) is 5.75 Å². The standard InChI is InChI=1S/C11H14FNO3/c1-7(6-14)13-11(15)8-3-4-10(16-2)9(12)5-8/h3-5,7,14H,6H2,1-2H3,(H,13,15)/t7-/m0/s1. The molecule has 2 N–H and O–H groups in total. The van der Waals surface area contributed by atoms with Gasteiger partial charge in [-0.3, -0.25) is 4.79 Å². The van der Waals surface area contributed by atoms with E-state index in [4.69, 9.17) is 9.84 Å². The number of amides is 1. The van der Waals surface area contributed by atoms with Gasteiger partial charge in [0.25, 0.3) is 5.91 Å². The molecule has 0 fully saturated rings. The van der Waals surface area contributed by atoms with Gasteiger partial charge in [-0.2, -0.15) is 0 Å². The first-order valence-corrected chi connectivity index (χ1v) is 4.83. The summed E-state index contributed by atoms with van der Waals surface area (Å²) in [5.74, 6) is -0.929. The number of halogens is 1. The Morgan fingerprint density at radius 3 is 2.81 bits per heavy atom. The number of nitrogens with one attached hydrogen (secondary N) is 1. The molecule has 0 aliphatic heterocycles. The van der Waals surface area contributed by atoms with Gasteiger partial charge in [0.1, 0.15) is 0 Å². The van der Waals surface area contributed by atoms with Crippen LogP contribution in [0.15, 0.2) is 18.2 Å². The van der Waals surface area contributed by atoms with Gasteiger partial charge in [0, 0.05) is 11.6 Å². The third-order valence-corrected chi connectivity index (χ3v) is 2.07. The first-order chi connectivity index (χ1) is 7.58. The summed E-state index contributed by atoms with van der Waals surface area (Å²) in [4.78, 5) is 11.5. The first kappa shape index (κ1) is 12.4. The van der Waals surface area contributed by atoms with Crippen molar-refractivity contribution in [3.63, 3.8) is 0 Å². The quantitative estimate of drug-likeness (QED) is 0.805. The van der Waals surface area contributed by atoms with Gasteiger partial charge in [0.05, 0.1) is 13.7 Å². The predicted octanol–water partition coefficient (Wildman–Crippen LogP) is 0.945. The van der Waals surface area contributed by atoms with Crippen LogP contribution in [-0.2, 0) is 0 Å². The van der Waals surface area contributed by atoms with Crippen LogP contribution in [0.2, 0.25) is 0 Å². The van der Waals surface area contributed by atoms with E-state index in [1.54, 1.807) is 6.92 Å². The van der Waals surface area contributed by atoms with Crippen LogP contribution in [0.4, 0.5) is 4.39 Å². The maximum absolute atomic E-state index is 13.3. The molecular weight excluding hydrogens is 213 g/mol. The molecule has 0 unspecified atom stereocenters. The van der Waals surface area contributed by atoms with Crippen molar-refractivity contribution in [2.24, 2.45) is 0 Å². The topological polar surface area (TPSA) is 58.6 Å². The van der Waals surface area contributed by atoms with Crippen molar-refractivity contribution >= 4 is 5.91 Å². The van der Waals surface area contributed by atoms with E-state index in [0.29, 0.717) is 0 Å². The van der Waals surface area contributed by atoms with Crippen LogP contribution in [0.1, 0.15) is 17.3 Å². The van der Waals surface area contributed by atoms with E-state index >= 15 is 0 Å². The number of hydrogen-bond acceptors (Lipinski definition) is 3. The van der Waals surface area contributed by atoms with Crippen molar-refractivity contribution in [3.8, 4) is 5.75 Å². The molecule has 0 aliphatic carbocycles. The van der Waals surface area contributed by atoms with Crippen molar-refractivity contribution in [3.05, 3.63) is 29.6 Å². The average molecular weight is 227 g/mol. The number of rotatable bonds is 4. The lowest BCUT2D eigenvalue weighted by Gasteiger charge is -2.11. The van der Waals surface area contributed by atoms with Gasteiger partial charge in [-0.05, 0) is 25.1 Å². The largest absolute Gasteiger partial charge is 0.494 e. The Hall–Kier alpha value is -1.62. The molecule has 0 saturated carbocycles. The Kier molecular flexibility index (Phi) is 4.25. The van der Waals surface area contributed by atoms with Gasteiger partial charge >= 0.3 is 0 Å². The van der Waals surface area contributed by atoms with Crippen molar-refractivity contribution in [1.29, 1.82) is 0 Å². The Morgan fingerprint density at radius 1 is 1.62 bits per heavy atom. The van der Waals surface area contributed by atoms with Crippen molar-refractivity contribution in [2.45, 2.75) is 13.0 Å². The number of ether oxygens (including phenoxy) is 1. The maximum atomic E-state index is 13.3. The second-order valence-corrected chi connectivity index (χ2v) is 3.41. The molecule has 5 heteroatoms. The molecule has 1 amide bonds. The summed E-state index contributed by atoms with van der Waals surface area (Å²) in [5.41, 5.74) is 0.193. The number of carbonyl (C=O) groups excluding carboxylic acids is 1. The Labute approximate surface area is 93.0 Å². The Morgan fingerprint density at radius 2 is 2.31 bits per heavy atom. The van der Waals surface area contributed by atoms with Gasteiger partial charge in [-0.1, -0.05) is 0 Å². The Balaban J connectivity index is 2.81. The summed E-state index contributed by atoms with van der Waals surface area (Å²) < 4.78 is 18.0. The molecule has 0 radical (unpaired) electrons. The van der Waals surface area contributed by atoms with Crippen molar-refractivity contribution in [2.75, 3.05) is 13.7 Å². The highest BCUT2D eigenvalue weighted by molar-refractivity contribution is 5.94. The van der Waals surface area contributed by atoms with E-state index in [9.17, 15) is 9.18 Å². The summed E-state index contributed by atoms with van der Waals surface area (Å²) in [6.45, 7) is 1.49. The molecule has 1 atom stereocenters. The predicted molar refractivity (Wildman–Crippen MR) is 57.0 cm³/mol. The van der Waals surface area contributed by atoms with E-state index in [1.807, 2.05) is 0 Å². The summed E-state index contributed by atoms with van der Waals surface area (Å²) >= 11 is 0. The van der Waals surface area contributed by atoms with E-state index in [1.165, 1.54) is 19.2 Å². The van der Waals surface area contributed by atoms with Crippen LogP contribution in [0, 0.1) is 5.82 Å². The molecule has 16 heavy (non-hydrogen) atoms. The fourth-order valence-corrected chi connectivity index (χ4v) is 1.16. The zero-order valence-electron chi connectivity index (χ0n) is 9.16. The van der Waals surface area contributed by atoms with Gasteiger partial charge in [0.15, 0.2) is 11.6 Å². The number of methoxy groups -OCH3 is 1. The molecule has 0 saturated heterocycles. The molecule has 88 valence electrons. The monoisotopic (exact) mass is 227 g/mol. The summed E-state index contributed by atoms with van der Waals surface area (Å²) in [6.07, 6.45) is 0. The summed E-state index contributed by atoms with van der Waals surface area (Å²) in [7, 11) is 1.35. The average Bonchev–Trinajstić information content (AvgIpc) is 2.28. The Bertz CT molecular complexity index is 381. The minimum absolute atomic E-state index is 0.0896. The normalized spacial score (nSPS) is 12.0. The molecular formula is C11H14FNO3. The molecule has 1 aromatic rings. The smallest absolute Gasteiger partial charge is 0.251 e. The molecule has 0 aliphatic rings. The van der Waals surface area contributed by atoms with E-state index in [0.717, 1.165) is 6.07 Å². The van der Waals surface area contributed by atoms with Crippen LogP contribution >= 0.6 is 0 Å². The number of aliphatic hydroxyl groups excluding tert-OH is 1. The lowest BCUT2D eigenvalue weighted by molar-refractivity contribution is 0.0922. The van der Waals surface area contributed by atoms with E-state index in [-0.39, 0.29) is 24.0 Å². The highest BCUT2D eigenvalue weighted by atomic mass is 19.1. The van der Waals surface area contributed by atoms with Gasteiger partial charge in [-0.25, -0.2) is 4.39 Å². The van der Waals surface area contributed by atoms with Gasteiger partial charge < -0.3 is 15.2 Å². The maximum Gasteiger partial charge on any atom is 0.251 e. The molecule has 0 heterocycles. The molecule has 1 rings (SSSR count). The number of carbonyl (C=O) groups is 1. The minimum Gasteiger partial charge on any atom is -0.494 e. The fourth-order valence-electron chi connectivity index (χ4n) is 1.16. The van der Waals surface area contributed by atoms with Crippen LogP contribution < -0.4 is 10.1 Å². The molecule has 0 bridgehead atoms. The molecule has 1 aromatic carbocycles. The number of hydrogen-bond donors (Lipinski definition) is 2. The van der Waals surface area contributed by atoms with Crippen molar-refractivity contribution in [1.82, 2.24) is 5.32 Å². The third kappa shape index (κ3) is 2.93. The third-order valence-electron chi connectivity index (χ3n) is 2.07. The zero-order chi connectivity index (χ0) is 12.1. The zero-order valence-corrected chi connectivity index (χ0v) is 9.16. The van der Waals surface area contributed by atoms with E-state index in [2.05, 4.69) is 5.32 Å². The molecule has 0 aromatic heterocycles. The molecule has 4 nitrogen and oxygen atoms in total.